The van der Waals surface area contributed by atoms with E-state index in [4.69, 9.17) is 5.11 Å². The minimum Gasteiger partial charge on any atom is -0.395 e. The largest absolute Gasteiger partial charge is 0.395 e. The lowest BCUT2D eigenvalue weighted by molar-refractivity contribution is 0.248. The van der Waals surface area contributed by atoms with Crippen molar-refractivity contribution in [2.75, 3.05) is 24.7 Å². The van der Waals surface area contributed by atoms with Crippen LogP contribution in [0.1, 0.15) is 19.3 Å². The molecule has 0 saturated carbocycles. The van der Waals surface area contributed by atoms with Crippen molar-refractivity contribution in [1.82, 2.24) is 5.32 Å². The number of hydrogen-bond acceptors (Lipinski definition) is 4. The molecule has 2 heterocycles. The maximum Gasteiger partial charge on any atom is 0.150 e. The molecule has 2 aliphatic heterocycles. The predicted octanol–water partition coefficient (Wildman–Crippen LogP) is -0.218. The number of aliphatic hydroxyl groups is 1. The first-order chi connectivity index (χ1) is 7.11. The summed E-state index contributed by atoms with van der Waals surface area (Å²) < 4.78 is 23.0. The van der Waals surface area contributed by atoms with Gasteiger partial charge >= 0.3 is 0 Å². The maximum atomic E-state index is 11.5. The van der Waals surface area contributed by atoms with Crippen LogP contribution in [0.25, 0.3) is 0 Å². The van der Waals surface area contributed by atoms with E-state index in [2.05, 4.69) is 5.32 Å². The summed E-state index contributed by atoms with van der Waals surface area (Å²) in [6.07, 6.45) is 2.77. The molecular weight excluding hydrogens is 214 g/mol. The minimum atomic E-state index is -2.78. The Morgan fingerprint density at radius 1 is 1.33 bits per heavy atom. The number of sulfone groups is 1. The van der Waals surface area contributed by atoms with Gasteiger partial charge in [-0.2, -0.15) is 0 Å². The van der Waals surface area contributed by atoms with Crippen LogP contribution < -0.4 is 5.32 Å². The quantitative estimate of drug-likeness (QED) is 0.692. The van der Waals surface area contributed by atoms with Gasteiger partial charge in [0.25, 0.3) is 0 Å². The van der Waals surface area contributed by atoms with Crippen LogP contribution in [0.15, 0.2) is 0 Å². The molecule has 0 bridgehead atoms. The molecule has 4 nitrogen and oxygen atoms in total. The molecule has 3 atom stereocenters. The molecule has 0 amide bonds. The van der Waals surface area contributed by atoms with Gasteiger partial charge in [-0.25, -0.2) is 8.42 Å². The fourth-order valence-electron chi connectivity index (χ4n) is 2.78. The van der Waals surface area contributed by atoms with Gasteiger partial charge < -0.3 is 10.4 Å². The molecule has 0 aromatic rings. The van der Waals surface area contributed by atoms with Crippen molar-refractivity contribution >= 4 is 9.84 Å². The Morgan fingerprint density at radius 3 is 2.73 bits per heavy atom. The fourth-order valence-corrected chi connectivity index (χ4v) is 4.64. The first-order valence-electron chi connectivity index (χ1n) is 5.65. The Labute approximate surface area is 91.0 Å². The van der Waals surface area contributed by atoms with Gasteiger partial charge in [-0.1, -0.05) is 0 Å². The molecule has 0 aliphatic carbocycles. The van der Waals surface area contributed by atoms with Crippen LogP contribution in [0.5, 0.6) is 0 Å². The number of nitrogens with one attached hydrogen (secondary N) is 1. The topological polar surface area (TPSA) is 66.4 Å². The van der Waals surface area contributed by atoms with E-state index in [9.17, 15) is 8.42 Å². The Bertz CT molecular complexity index is 315. The third-order valence-corrected chi connectivity index (χ3v) is 5.49. The molecule has 15 heavy (non-hydrogen) atoms. The van der Waals surface area contributed by atoms with E-state index < -0.39 is 9.84 Å². The van der Waals surface area contributed by atoms with Crippen LogP contribution in [0.2, 0.25) is 0 Å². The second-order valence-corrected chi connectivity index (χ2v) is 7.03. The van der Waals surface area contributed by atoms with E-state index in [1.165, 1.54) is 0 Å². The Balaban J connectivity index is 1.94. The summed E-state index contributed by atoms with van der Waals surface area (Å²) in [7, 11) is -2.78. The molecule has 88 valence electrons. The molecule has 0 spiro atoms. The van der Waals surface area contributed by atoms with Gasteiger partial charge in [-0.15, -0.1) is 0 Å². The van der Waals surface area contributed by atoms with Crippen molar-refractivity contribution in [3.8, 4) is 0 Å². The highest BCUT2D eigenvalue weighted by atomic mass is 32.2. The van der Waals surface area contributed by atoms with E-state index in [1.54, 1.807) is 0 Å². The van der Waals surface area contributed by atoms with Crippen molar-refractivity contribution in [2.24, 2.45) is 11.8 Å². The molecule has 2 saturated heterocycles. The van der Waals surface area contributed by atoms with Crippen LogP contribution in [-0.4, -0.2) is 44.2 Å². The van der Waals surface area contributed by atoms with Crippen LogP contribution in [0.4, 0.5) is 0 Å². The van der Waals surface area contributed by atoms with E-state index in [0.29, 0.717) is 23.3 Å². The van der Waals surface area contributed by atoms with Gasteiger partial charge in [0.2, 0.25) is 0 Å². The third-order valence-electron chi connectivity index (χ3n) is 3.64. The average molecular weight is 233 g/mol. The predicted molar refractivity (Wildman–Crippen MR) is 58.4 cm³/mol. The standard InChI is InChI=1S/C10H19NO3S/c12-6-10-4-9(5-11-10)8-2-1-3-15(13,14)7-8/h8-12H,1-7H2. The molecule has 3 unspecified atom stereocenters. The number of hydrogen-bond donors (Lipinski definition) is 2. The van der Waals surface area contributed by atoms with Gasteiger partial charge in [0.05, 0.1) is 18.1 Å². The van der Waals surface area contributed by atoms with Gasteiger partial charge in [0.1, 0.15) is 0 Å². The smallest absolute Gasteiger partial charge is 0.150 e. The summed E-state index contributed by atoms with van der Waals surface area (Å²) in [5, 5.41) is 12.2. The van der Waals surface area contributed by atoms with Crippen LogP contribution in [0.3, 0.4) is 0 Å². The summed E-state index contributed by atoms with van der Waals surface area (Å²) in [5.74, 6) is 1.48. The molecule has 2 rings (SSSR count). The zero-order valence-electron chi connectivity index (χ0n) is 8.85. The lowest BCUT2D eigenvalue weighted by Crippen LogP contribution is -2.31. The molecule has 0 aromatic heterocycles. The molecule has 0 aromatic carbocycles. The van der Waals surface area contributed by atoms with Crippen molar-refractivity contribution in [3.63, 3.8) is 0 Å². The monoisotopic (exact) mass is 233 g/mol. The molecular formula is C10H19NO3S. The highest BCUT2D eigenvalue weighted by Crippen LogP contribution is 2.30. The van der Waals surface area contributed by atoms with E-state index in [-0.39, 0.29) is 12.6 Å². The van der Waals surface area contributed by atoms with Gasteiger partial charge in [0, 0.05) is 6.04 Å². The Hall–Kier alpha value is -0.130. The summed E-state index contributed by atoms with van der Waals surface area (Å²) >= 11 is 0. The van der Waals surface area contributed by atoms with Gasteiger partial charge in [-0.05, 0) is 37.6 Å². The summed E-state index contributed by atoms with van der Waals surface area (Å²) in [5.41, 5.74) is 0. The Kier molecular flexibility index (Phi) is 3.33. The molecule has 2 fully saturated rings. The van der Waals surface area contributed by atoms with Gasteiger partial charge in [-0.3, -0.25) is 0 Å². The number of rotatable bonds is 2. The fraction of sp³-hybridized carbons (Fsp3) is 1.00. The van der Waals surface area contributed by atoms with Crippen LogP contribution in [0, 0.1) is 11.8 Å². The SMILES string of the molecule is O=S1(=O)CCCC(C2CNC(CO)C2)C1. The van der Waals surface area contributed by atoms with Crippen molar-refractivity contribution in [2.45, 2.75) is 25.3 Å². The maximum absolute atomic E-state index is 11.5. The van der Waals surface area contributed by atoms with Crippen molar-refractivity contribution < 1.29 is 13.5 Å². The zero-order chi connectivity index (χ0) is 10.9. The summed E-state index contributed by atoms with van der Waals surface area (Å²) in [4.78, 5) is 0. The normalized spacial score (nSPS) is 40.5. The highest BCUT2D eigenvalue weighted by molar-refractivity contribution is 7.91. The third kappa shape index (κ3) is 2.71. The van der Waals surface area contributed by atoms with Crippen LogP contribution >= 0.6 is 0 Å². The van der Waals surface area contributed by atoms with E-state index in [1.807, 2.05) is 0 Å². The molecule has 2 aliphatic rings. The van der Waals surface area contributed by atoms with E-state index in [0.717, 1.165) is 25.8 Å². The van der Waals surface area contributed by atoms with Gasteiger partial charge in [0.15, 0.2) is 9.84 Å². The van der Waals surface area contributed by atoms with Crippen molar-refractivity contribution in [1.29, 1.82) is 0 Å². The average Bonchev–Trinajstić information content (AvgIpc) is 2.64. The summed E-state index contributed by atoms with van der Waals surface area (Å²) in [6.45, 7) is 1.03. The Morgan fingerprint density at radius 2 is 2.13 bits per heavy atom. The second kappa shape index (κ2) is 4.39. The highest BCUT2D eigenvalue weighted by Gasteiger charge is 2.34. The first kappa shape index (κ1) is 11.4. The van der Waals surface area contributed by atoms with Crippen LogP contribution in [-0.2, 0) is 9.84 Å². The minimum absolute atomic E-state index is 0.163. The molecule has 0 radical (unpaired) electrons. The van der Waals surface area contributed by atoms with Crippen molar-refractivity contribution in [3.05, 3.63) is 0 Å². The summed E-state index contributed by atoms with van der Waals surface area (Å²) in [6, 6.07) is 0.180. The lowest BCUT2D eigenvalue weighted by atomic mass is 9.88. The zero-order valence-corrected chi connectivity index (χ0v) is 9.67. The lowest BCUT2D eigenvalue weighted by Gasteiger charge is -2.26. The number of aliphatic hydroxyl groups excluding tert-OH is 1. The first-order valence-corrected chi connectivity index (χ1v) is 7.47. The molecule has 5 heteroatoms. The molecule has 2 N–H and O–H groups in total. The second-order valence-electron chi connectivity index (χ2n) is 4.80. The van der Waals surface area contributed by atoms with E-state index >= 15 is 0 Å².